The lowest BCUT2D eigenvalue weighted by Gasteiger charge is -2.09. The molecule has 2 rings (SSSR count). The molecule has 2 amide bonds. The first-order valence-corrected chi connectivity index (χ1v) is 7.74. The van der Waals surface area contributed by atoms with Gasteiger partial charge in [-0.05, 0) is 30.3 Å². The van der Waals surface area contributed by atoms with Crippen molar-refractivity contribution in [3.05, 3.63) is 52.0 Å². The van der Waals surface area contributed by atoms with Crippen LogP contribution in [0.3, 0.4) is 0 Å². The first-order chi connectivity index (χ1) is 11.4. The summed E-state index contributed by atoms with van der Waals surface area (Å²) in [4.78, 5) is 23.8. The fraction of sp³-hybridized carbons (Fsp3) is 0.125. The summed E-state index contributed by atoms with van der Waals surface area (Å²) in [5.74, 6) is -2.71. The van der Waals surface area contributed by atoms with E-state index in [0.29, 0.717) is 5.56 Å². The average molecular weight is 395 g/mol. The Morgan fingerprint density at radius 2 is 1.42 bits per heavy atom. The molecular formula is C16H15BrN2O5. The van der Waals surface area contributed by atoms with Gasteiger partial charge in [-0.3, -0.25) is 9.59 Å². The molecule has 0 aliphatic heterocycles. The van der Waals surface area contributed by atoms with Crippen LogP contribution in [-0.4, -0.2) is 40.2 Å². The van der Waals surface area contributed by atoms with Gasteiger partial charge in [-0.15, -0.1) is 0 Å². The molecule has 0 aromatic heterocycles. The van der Waals surface area contributed by atoms with Crippen LogP contribution in [-0.2, 0) is 0 Å². The standard InChI is InChI=1S/C16H15BrN2O5/c17-11-3-1-2-9(6-11)15(23)18-4-5-19-16(24)10-7-12(20)14(22)13(21)8-10/h1-3,6-8,20-22H,4-5H2,(H,18,23)(H,19,24). The number of aromatic hydroxyl groups is 3. The van der Waals surface area contributed by atoms with Gasteiger partial charge in [0.05, 0.1) is 0 Å². The third kappa shape index (κ3) is 4.39. The summed E-state index contributed by atoms with van der Waals surface area (Å²) in [5, 5.41) is 33.2. The minimum Gasteiger partial charge on any atom is -0.504 e. The van der Waals surface area contributed by atoms with Crippen molar-refractivity contribution in [3.8, 4) is 17.2 Å². The van der Waals surface area contributed by atoms with Crippen molar-refractivity contribution in [1.29, 1.82) is 0 Å². The fourth-order valence-electron chi connectivity index (χ4n) is 1.92. The van der Waals surface area contributed by atoms with E-state index in [-0.39, 0.29) is 24.6 Å². The maximum absolute atomic E-state index is 11.9. The van der Waals surface area contributed by atoms with Crippen LogP contribution in [0, 0.1) is 0 Å². The Morgan fingerprint density at radius 1 is 0.875 bits per heavy atom. The summed E-state index contributed by atoms with van der Waals surface area (Å²) in [6, 6.07) is 8.95. The SMILES string of the molecule is O=C(NCCNC(=O)c1cc(O)c(O)c(O)c1)c1cccc(Br)c1. The molecule has 0 heterocycles. The predicted molar refractivity (Wildman–Crippen MR) is 90.2 cm³/mol. The van der Waals surface area contributed by atoms with Crippen molar-refractivity contribution in [3.63, 3.8) is 0 Å². The second-order valence-electron chi connectivity index (χ2n) is 4.89. The van der Waals surface area contributed by atoms with Crippen molar-refractivity contribution in [1.82, 2.24) is 10.6 Å². The molecule has 0 aliphatic carbocycles. The third-order valence-corrected chi connectivity index (χ3v) is 3.61. The number of carbonyl (C=O) groups is 2. The number of benzene rings is 2. The fourth-order valence-corrected chi connectivity index (χ4v) is 2.32. The van der Waals surface area contributed by atoms with Gasteiger partial charge in [0.25, 0.3) is 11.8 Å². The van der Waals surface area contributed by atoms with Crippen LogP contribution in [0.4, 0.5) is 0 Å². The lowest BCUT2D eigenvalue weighted by molar-refractivity contribution is 0.0927. The number of rotatable bonds is 5. The molecule has 0 saturated heterocycles. The van der Waals surface area contributed by atoms with E-state index < -0.39 is 23.2 Å². The van der Waals surface area contributed by atoms with Gasteiger partial charge in [0.2, 0.25) is 0 Å². The number of hydrogen-bond acceptors (Lipinski definition) is 5. The molecule has 0 aliphatic rings. The van der Waals surface area contributed by atoms with Crippen LogP contribution in [0.15, 0.2) is 40.9 Å². The van der Waals surface area contributed by atoms with Gasteiger partial charge in [0.1, 0.15) is 0 Å². The van der Waals surface area contributed by atoms with E-state index in [0.717, 1.165) is 16.6 Å². The lowest BCUT2D eigenvalue weighted by Crippen LogP contribution is -2.34. The van der Waals surface area contributed by atoms with Gasteiger partial charge in [-0.25, -0.2) is 0 Å². The highest BCUT2D eigenvalue weighted by Crippen LogP contribution is 2.35. The maximum Gasteiger partial charge on any atom is 0.251 e. The number of carbonyl (C=O) groups excluding carboxylic acids is 2. The molecule has 0 saturated carbocycles. The smallest absolute Gasteiger partial charge is 0.251 e. The summed E-state index contributed by atoms with van der Waals surface area (Å²) >= 11 is 3.28. The second-order valence-corrected chi connectivity index (χ2v) is 5.80. The first kappa shape index (κ1) is 17.6. The minimum atomic E-state index is -0.687. The number of phenolic OH excluding ortho intramolecular Hbond substituents is 3. The molecule has 24 heavy (non-hydrogen) atoms. The number of amides is 2. The van der Waals surface area contributed by atoms with E-state index in [4.69, 9.17) is 0 Å². The Kier molecular flexibility index (Phi) is 5.64. The molecule has 8 heteroatoms. The predicted octanol–water partition coefficient (Wildman–Crippen LogP) is 1.73. The van der Waals surface area contributed by atoms with Crippen LogP contribution in [0.5, 0.6) is 17.2 Å². The second kappa shape index (κ2) is 7.69. The molecule has 7 nitrogen and oxygen atoms in total. The highest BCUT2D eigenvalue weighted by molar-refractivity contribution is 9.10. The highest BCUT2D eigenvalue weighted by atomic mass is 79.9. The molecule has 2 aromatic rings. The van der Waals surface area contributed by atoms with E-state index in [1.54, 1.807) is 24.3 Å². The highest BCUT2D eigenvalue weighted by Gasteiger charge is 2.13. The van der Waals surface area contributed by atoms with E-state index in [2.05, 4.69) is 26.6 Å². The Labute approximate surface area is 146 Å². The molecule has 0 atom stereocenters. The van der Waals surface area contributed by atoms with Crippen molar-refractivity contribution in [2.45, 2.75) is 0 Å². The van der Waals surface area contributed by atoms with Crippen molar-refractivity contribution in [2.24, 2.45) is 0 Å². The zero-order valence-corrected chi connectivity index (χ0v) is 14.0. The van der Waals surface area contributed by atoms with Crippen LogP contribution < -0.4 is 10.6 Å². The monoisotopic (exact) mass is 394 g/mol. The Hall–Kier alpha value is -2.74. The summed E-state index contributed by atoms with van der Waals surface area (Å²) in [7, 11) is 0. The quantitative estimate of drug-likeness (QED) is 0.390. The summed E-state index contributed by atoms with van der Waals surface area (Å²) in [5.41, 5.74) is 0.477. The van der Waals surface area contributed by atoms with E-state index in [1.807, 2.05) is 0 Å². The zero-order valence-electron chi connectivity index (χ0n) is 12.4. The first-order valence-electron chi connectivity index (χ1n) is 6.95. The van der Waals surface area contributed by atoms with Crippen molar-refractivity contribution >= 4 is 27.7 Å². The molecule has 0 unspecified atom stereocenters. The largest absolute Gasteiger partial charge is 0.504 e. The van der Waals surface area contributed by atoms with Gasteiger partial charge in [0.15, 0.2) is 17.2 Å². The van der Waals surface area contributed by atoms with Gasteiger partial charge in [-0.1, -0.05) is 22.0 Å². The maximum atomic E-state index is 11.9. The third-order valence-electron chi connectivity index (χ3n) is 3.11. The zero-order chi connectivity index (χ0) is 17.7. The normalized spacial score (nSPS) is 10.2. The summed E-state index contributed by atoms with van der Waals surface area (Å²) in [6.45, 7) is 0.355. The van der Waals surface area contributed by atoms with Crippen LogP contribution in [0.1, 0.15) is 20.7 Å². The number of halogens is 1. The van der Waals surface area contributed by atoms with Gasteiger partial charge in [0, 0.05) is 28.7 Å². The van der Waals surface area contributed by atoms with Gasteiger partial charge >= 0.3 is 0 Å². The van der Waals surface area contributed by atoms with Crippen molar-refractivity contribution in [2.75, 3.05) is 13.1 Å². The van der Waals surface area contributed by atoms with E-state index in [9.17, 15) is 24.9 Å². The molecule has 0 bridgehead atoms. The van der Waals surface area contributed by atoms with Gasteiger partial charge in [-0.2, -0.15) is 0 Å². The molecule has 5 N–H and O–H groups in total. The van der Waals surface area contributed by atoms with Crippen LogP contribution in [0.25, 0.3) is 0 Å². The molecule has 0 fully saturated rings. The summed E-state index contributed by atoms with van der Waals surface area (Å²) in [6.07, 6.45) is 0. The molecular weight excluding hydrogens is 380 g/mol. The lowest BCUT2D eigenvalue weighted by atomic mass is 10.1. The topological polar surface area (TPSA) is 119 Å². The summed E-state index contributed by atoms with van der Waals surface area (Å²) < 4.78 is 0.787. The molecule has 0 radical (unpaired) electrons. The van der Waals surface area contributed by atoms with E-state index >= 15 is 0 Å². The van der Waals surface area contributed by atoms with Gasteiger partial charge < -0.3 is 26.0 Å². The number of nitrogens with one attached hydrogen (secondary N) is 2. The number of hydrogen-bond donors (Lipinski definition) is 5. The number of phenols is 3. The van der Waals surface area contributed by atoms with Crippen LogP contribution >= 0.6 is 15.9 Å². The van der Waals surface area contributed by atoms with E-state index in [1.165, 1.54) is 0 Å². The Morgan fingerprint density at radius 3 is 1.96 bits per heavy atom. The minimum absolute atomic E-state index is 0.0129. The Bertz CT molecular complexity index is 756. The van der Waals surface area contributed by atoms with Crippen LogP contribution in [0.2, 0.25) is 0 Å². The molecule has 2 aromatic carbocycles. The van der Waals surface area contributed by atoms with Crippen molar-refractivity contribution < 1.29 is 24.9 Å². The molecule has 126 valence electrons. The molecule has 0 spiro atoms. The Balaban J connectivity index is 1.84. The average Bonchev–Trinajstić information content (AvgIpc) is 2.55.